The Bertz CT molecular complexity index is 910. The second-order valence-electron chi connectivity index (χ2n) is 5.48. The number of esters is 1. The van der Waals surface area contributed by atoms with Crippen molar-refractivity contribution in [3.8, 4) is 0 Å². The van der Waals surface area contributed by atoms with E-state index in [0.717, 1.165) is 4.31 Å². The van der Waals surface area contributed by atoms with Gasteiger partial charge < -0.3 is 10.1 Å². The largest absolute Gasteiger partial charge is 0.451 e. The summed E-state index contributed by atoms with van der Waals surface area (Å²) in [6.45, 7) is 1.18. The summed E-state index contributed by atoms with van der Waals surface area (Å²) in [4.78, 5) is 31.5. The van der Waals surface area contributed by atoms with Gasteiger partial charge in [-0.25, -0.2) is 22.5 Å². The van der Waals surface area contributed by atoms with Gasteiger partial charge in [-0.15, -0.1) is 0 Å². The normalized spacial score (nSPS) is 11.2. The fraction of sp³-hybridized carbons (Fsp3) is 0.250. The first-order chi connectivity index (χ1) is 12.2. The molecule has 1 heterocycles. The number of ether oxygens (including phenoxy) is 1. The number of anilines is 1. The number of amides is 1. The molecule has 2 rings (SSSR count). The van der Waals surface area contributed by atoms with Crippen LogP contribution in [-0.2, 0) is 19.6 Å². The van der Waals surface area contributed by atoms with Gasteiger partial charge in [-0.2, -0.15) is 0 Å². The zero-order valence-electron chi connectivity index (χ0n) is 14.5. The van der Waals surface area contributed by atoms with Gasteiger partial charge in [0.1, 0.15) is 0 Å². The summed E-state index contributed by atoms with van der Waals surface area (Å²) in [6, 6.07) is 5.77. The van der Waals surface area contributed by atoms with Crippen molar-refractivity contribution in [2.45, 2.75) is 11.8 Å². The molecule has 0 atom stereocenters. The third-order valence-electron chi connectivity index (χ3n) is 3.22. The SMILES string of the molecule is Cc1cnc(C(=O)OCC(=O)Nc2cccc(S(=O)(=O)N(C)C)c2)cn1. The van der Waals surface area contributed by atoms with Crippen LogP contribution in [0.1, 0.15) is 16.2 Å². The summed E-state index contributed by atoms with van der Waals surface area (Å²) in [5.41, 5.74) is 0.901. The Morgan fingerprint density at radius 3 is 2.54 bits per heavy atom. The highest BCUT2D eigenvalue weighted by atomic mass is 32.2. The van der Waals surface area contributed by atoms with E-state index in [2.05, 4.69) is 15.3 Å². The van der Waals surface area contributed by atoms with Crippen LogP contribution in [0.3, 0.4) is 0 Å². The minimum atomic E-state index is -3.62. The van der Waals surface area contributed by atoms with Gasteiger partial charge in [-0.3, -0.25) is 9.78 Å². The van der Waals surface area contributed by atoms with E-state index < -0.39 is 28.5 Å². The fourth-order valence-electron chi connectivity index (χ4n) is 1.85. The molecule has 0 aliphatic carbocycles. The molecule has 0 bridgehead atoms. The highest BCUT2D eigenvalue weighted by Gasteiger charge is 2.18. The molecule has 1 aromatic heterocycles. The molecule has 9 nitrogen and oxygen atoms in total. The summed E-state index contributed by atoms with van der Waals surface area (Å²) >= 11 is 0. The van der Waals surface area contributed by atoms with Crippen LogP contribution >= 0.6 is 0 Å². The molecule has 26 heavy (non-hydrogen) atoms. The molecule has 0 aliphatic rings. The Morgan fingerprint density at radius 1 is 1.19 bits per heavy atom. The van der Waals surface area contributed by atoms with Gasteiger partial charge in [0.05, 0.1) is 16.8 Å². The minimum Gasteiger partial charge on any atom is -0.451 e. The minimum absolute atomic E-state index is 0.0116. The Morgan fingerprint density at radius 2 is 1.92 bits per heavy atom. The number of sulfonamides is 1. The third-order valence-corrected chi connectivity index (χ3v) is 5.03. The standard InChI is InChI=1S/C16H18N4O5S/c1-11-8-18-14(9-17-11)16(22)25-10-15(21)19-12-5-4-6-13(7-12)26(23,24)20(2)3/h4-9H,10H2,1-3H3,(H,19,21). The van der Waals surface area contributed by atoms with E-state index >= 15 is 0 Å². The van der Waals surface area contributed by atoms with E-state index in [1.165, 1.54) is 50.8 Å². The van der Waals surface area contributed by atoms with Crippen LogP contribution in [0, 0.1) is 6.92 Å². The quantitative estimate of drug-likeness (QED) is 0.740. The van der Waals surface area contributed by atoms with Gasteiger partial charge in [0.25, 0.3) is 5.91 Å². The van der Waals surface area contributed by atoms with Crippen molar-refractivity contribution >= 4 is 27.6 Å². The van der Waals surface area contributed by atoms with Crippen LogP contribution < -0.4 is 5.32 Å². The Hall–Kier alpha value is -2.85. The number of benzene rings is 1. The number of carbonyl (C=O) groups is 2. The molecule has 1 amide bonds. The molecule has 0 unspecified atom stereocenters. The van der Waals surface area contributed by atoms with Gasteiger partial charge in [0.2, 0.25) is 10.0 Å². The summed E-state index contributed by atoms with van der Waals surface area (Å²) in [6.07, 6.45) is 2.67. The molecule has 2 aromatic rings. The van der Waals surface area contributed by atoms with Crippen molar-refractivity contribution < 1.29 is 22.7 Å². The topological polar surface area (TPSA) is 119 Å². The van der Waals surface area contributed by atoms with Gasteiger partial charge >= 0.3 is 5.97 Å². The Kier molecular flexibility index (Phi) is 6.01. The Balaban J connectivity index is 1.98. The molecule has 0 radical (unpaired) electrons. The van der Waals surface area contributed by atoms with E-state index in [9.17, 15) is 18.0 Å². The van der Waals surface area contributed by atoms with Crippen molar-refractivity contribution in [1.82, 2.24) is 14.3 Å². The van der Waals surface area contributed by atoms with Crippen molar-refractivity contribution in [2.24, 2.45) is 0 Å². The van der Waals surface area contributed by atoms with Crippen LogP contribution in [0.15, 0.2) is 41.6 Å². The number of aromatic nitrogens is 2. The lowest BCUT2D eigenvalue weighted by molar-refractivity contribution is -0.119. The predicted octanol–water partition coefficient (Wildman–Crippen LogP) is 0.831. The molecule has 138 valence electrons. The second kappa shape index (κ2) is 8.02. The molecule has 0 saturated carbocycles. The lowest BCUT2D eigenvalue weighted by Gasteiger charge is -2.12. The maximum atomic E-state index is 12.1. The average Bonchev–Trinajstić information content (AvgIpc) is 2.60. The first-order valence-corrected chi connectivity index (χ1v) is 8.92. The maximum Gasteiger partial charge on any atom is 0.359 e. The molecular formula is C16H18N4O5S. The van der Waals surface area contributed by atoms with E-state index in [-0.39, 0.29) is 16.3 Å². The molecule has 1 aromatic carbocycles. The molecule has 0 fully saturated rings. The van der Waals surface area contributed by atoms with Gasteiger partial charge in [0, 0.05) is 26.0 Å². The summed E-state index contributed by atoms with van der Waals surface area (Å²) in [5, 5.41) is 2.47. The van der Waals surface area contributed by atoms with Crippen LogP contribution in [-0.4, -0.2) is 55.3 Å². The fourth-order valence-corrected chi connectivity index (χ4v) is 2.79. The summed E-state index contributed by atoms with van der Waals surface area (Å²) < 4.78 is 30.1. The van der Waals surface area contributed by atoms with Gasteiger partial charge in [-0.1, -0.05) is 6.07 Å². The van der Waals surface area contributed by atoms with Crippen molar-refractivity contribution in [3.63, 3.8) is 0 Å². The zero-order valence-corrected chi connectivity index (χ0v) is 15.3. The highest BCUT2D eigenvalue weighted by molar-refractivity contribution is 7.89. The number of hydrogen-bond acceptors (Lipinski definition) is 7. The van der Waals surface area contributed by atoms with Crippen LogP contribution in [0.4, 0.5) is 5.69 Å². The number of rotatable bonds is 6. The summed E-state index contributed by atoms with van der Waals surface area (Å²) in [7, 11) is -0.798. The monoisotopic (exact) mass is 378 g/mol. The van der Waals surface area contributed by atoms with Gasteiger partial charge in [-0.05, 0) is 25.1 Å². The molecular weight excluding hydrogens is 360 g/mol. The average molecular weight is 378 g/mol. The molecule has 10 heteroatoms. The number of aryl methyl sites for hydroxylation is 1. The second-order valence-corrected chi connectivity index (χ2v) is 7.63. The zero-order chi connectivity index (χ0) is 19.3. The van der Waals surface area contributed by atoms with Crippen LogP contribution in [0.2, 0.25) is 0 Å². The number of carbonyl (C=O) groups excluding carboxylic acids is 2. The van der Waals surface area contributed by atoms with Crippen molar-refractivity contribution in [2.75, 3.05) is 26.0 Å². The number of hydrogen-bond donors (Lipinski definition) is 1. The molecule has 1 N–H and O–H groups in total. The van der Waals surface area contributed by atoms with Crippen LogP contribution in [0.25, 0.3) is 0 Å². The molecule has 0 spiro atoms. The van der Waals surface area contributed by atoms with E-state index in [1.807, 2.05) is 0 Å². The smallest absolute Gasteiger partial charge is 0.359 e. The van der Waals surface area contributed by atoms with Crippen molar-refractivity contribution in [1.29, 1.82) is 0 Å². The molecule has 0 aliphatic heterocycles. The number of nitrogens with zero attached hydrogens (tertiary/aromatic N) is 3. The highest BCUT2D eigenvalue weighted by Crippen LogP contribution is 2.17. The first-order valence-electron chi connectivity index (χ1n) is 7.48. The predicted molar refractivity (Wildman–Crippen MR) is 93.0 cm³/mol. The van der Waals surface area contributed by atoms with Gasteiger partial charge in [0.15, 0.2) is 12.3 Å². The van der Waals surface area contributed by atoms with Crippen molar-refractivity contribution in [3.05, 3.63) is 48.0 Å². The van der Waals surface area contributed by atoms with Crippen LogP contribution in [0.5, 0.6) is 0 Å². The Labute approximate surface area is 151 Å². The lowest BCUT2D eigenvalue weighted by atomic mass is 10.3. The summed E-state index contributed by atoms with van der Waals surface area (Å²) in [5.74, 6) is -1.39. The van der Waals surface area contributed by atoms with E-state index in [1.54, 1.807) is 6.92 Å². The van der Waals surface area contributed by atoms with E-state index in [0.29, 0.717) is 5.69 Å². The lowest BCUT2D eigenvalue weighted by Crippen LogP contribution is -2.23. The van der Waals surface area contributed by atoms with E-state index in [4.69, 9.17) is 4.74 Å². The molecule has 0 saturated heterocycles. The third kappa shape index (κ3) is 4.83. The first kappa shape index (κ1) is 19.5. The number of nitrogens with one attached hydrogen (secondary N) is 1. The maximum absolute atomic E-state index is 12.1.